The van der Waals surface area contributed by atoms with Gasteiger partial charge >= 0.3 is 0 Å². The summed E-state index contributed by atoms with van der Waals surface area (Å²) >= 11 is 0. The van der Waals surface area contributed by atoms with Crippen molar-refractivity contribution >= 4 is 44.6 Å². The monoisotopic (exact) mass is 1140 g/mol. The Morgan fingerprint density at radius 3 is 1.77 bits per heavy atom. The molecule has 0 amide bonds. The van der Waals surface area contributed by atoms with Gasteiger partial charge < -0.3 is 19.1 Å². The second-order valence-corrected chi connectivity index (χ2v) is 24.6. The molecule has 0 fully saturated rings. The van der Waals surface area contributed by atoms with Gasteiger partial charge in [-0.1, -0.05) is 155 Å². The maximum atomic E-state index is 7.03. The Balaban J connectivity index is 0.00000574. The third-order valence-corrected chi connectivity index (χ3v) is 15.4. The average Bonchev–Trinajstić information content (AvgIpc) is 3.96. The number of para-hydroxylation sites is 2. The number of hydrogen-bond donors (Lipinski definition) is 0. The predicted molar refractivity (Wildman–Crippen MR) is 297 cm³/mol. The molecule has 1 spiro atoms. The molecule has 6 nitrogen and oxygen atoms in total. The van der Waals surface area contributed by atoms with Crippen molar-refractivity contribution < 1.29 is 25.8 Å². The van der Waals surface area contributed by atoms with E-state index in [-0.39, 0.29) is 42.7 Å². The van der Waals surface area contributed by atoms with Crippen molar-refractivity contribution in [3.05, 3.63) is 202 Å². The summed E-state index contributed by atoms with van der Waals surface area (Å²) in [4.78, 5) is 14.3. The van der Waals surface area contributed by atoms with Crippen LogP contribution < -0.4 is 14.5 Å². The first-order chi connectivity index (χ1) is 34.0. The third-order valence-electron chi connectivity index (χ3n) is 15.4. The zero-order chi connectivity index (χ0) is 50.6. The van der Waals surface area contributed by atoms with Gasteiger partial charge in [-0.25, -0.2) is 4.98 Å². The third kappa shape index (κ3) is 7.44. The first-order valence-corrected chi connectivity index (χ1v) is 25.6. The Hall–Kier alpha value is -6.49. The van der Waals surface area contributed by atoms with Crippen LogP contribution >= 0.6 is 0 Å². The summed E-state index contributed by atoms with van der Waals surface area (Å²) in [6.07, 6.45) is 1.84. The molecule has 1 aliphatic carbocycles. The standard InChI is InChI=1S/C66H64N5O.Pt/c1-39-30-43(31-40(2)68-39)69-38-70-57-37-45(72-44-25-27-47-46-20-15-16-22-54(46)71(56(47)36-44)58-24-17-18-29-67-58)26-28-50(57)66(51-21-19-23-55(69)61(51)70)59-48(32-41(62(3,4)5)34-52(59)64(9,10)11)49-33-42(63(6,7)8)35-53(60(49)66)65(12,13)14;/h15-35,38H,1-14H3;/q-3;. The van der Waals surface area contributed by atoms with Crippen molar-refractivity contribution in [3.63, 3.8) is 0 Å². The van der Waals surface area contributed by atoms with Gasteiger partial charge in [0.2, 0.25) is 0 Å². The van der Waals surface area contributed by atoms with Gasteiger partial charge in [-0.05, 0) is 127 Å². The minimum atomic E-state index is -0.739. The van der Waals surface area contributed by atoms with Crippen LogP contribution in [0.3, 0.4) is 0 Å². The summed E-state index contributed by atoms with van der Waals surface area (Å²) in [5.74, 6) is 2.04. The molecule has 73 heavy (non-hydrogen) atoms. The largest absolute Gasteiger partial charge is 0.509 e. The minimum Gasteiger partial charge on any atom is -0.509 e. The van der Waals surface area contributed by atoms with Crippen molar-refractivity contribution in [2.75, 3.05) is 9.80 Å². The van der Waals surface area contributed by atoms with Crippen LogP contribution in [-0.2, 0) is 48.1 Å². The van der Waals surface area contributed by atoms with Crippen molar-refractivity contribution in [2.24, 2.45) is 0 Å². The van der Waals surface area contributed by atoms with E-state index in [1.165, 1.54) is 55.6 Å². The van der Waals surface area contributed by atoms with E-state index in [9.17, 15) is 0 Å². The summed E-state index contributed by atoms with van der Waals surface area (Å²) in [5, 5.41) is 2.23. The first-order valence-electron chi connectivity index (χ1n) is 25.6. The number of anilines is 4. The molecule has 0 bridgehead atoms. The summed E-state index contributed by atoms with van der Waals surface area (Å²) in [5.41, 5.74) is 20.1. The summed E-state index contributed by atoms with van der Waals surface area (Å²) in [7, 11) is 0. The van der Waals surface area contributed by atoms with Gasteiger partial charge in [0.25, 0.3) is 0 Å². The fourth-order valence-electron chi connectivity index (χ4n) is 12.0. The van der Waals surface area contributed by atoms with E-state index in [4.69, 9.17) is 14.7 Å². The van der Waals surface area contributed by atoms with Gasteiger partial charge in [0.1, 0.15) is 5.82 Å². The van der Waals surface area contributed by atoms with Crippen LogP contribution in [0, 0.1) is 32.6 Å². The topological polar surface area (TPSA) is 46.4 Å². The molecule has 12 rings (SSSR count). The second kappa shape index (κ2) is 16.5. The van der Waals surface area contributed by atoms with E-state index in [2.05, 4.69) is 227 Å². The summed E-state index contributed by atoms with van der Waals surface area (Å²) in [6, 6.07) is 52.4. The van der Waals surface area contributed by atoms with Gasteiger partial charge in [0.15, 0.2) is 0 Å². The van der Waals surface area contributed by atoms with E-state index < -0.39 is 5.41 Å². The molecule has 3 aromatic heterocycles. The van der Waals surface area contributed by atoms with Gasteiger partial charge in [-0.15, -0.1) is 41.9 Å². The molecule has 372 valence electrons. The van der Waals surface area contributed by atoms with Crippen molar-refractivity contribution in [3.8, 4) is 28.4 Å². The Morgan fingerprint density at radius 1 is 0.562 bits per heavy atom. The predicted octanol–water partition coefficient (Wildman–Crippen LogP) is 16.9. The number of aryl methyl sites for hydroxylation is 2. The van der Waals surface area contributed by atoms with Gasteiger partial charge in [0, 0.05) is 78.1 Å². The molecule has 0 saturated heterocycles. The van der Waals surface area contributed by atoms with Crippen LogP contribution in [-0.4, -0.2) is 14.5 Å². The number of benzene rings is 6. The first kappa shape index (κ1) is 48.8. The number of nitrogens with zero attached hydrogens (tertiary/aromatic N) is 5. The molecular weight excluding hydrogens is 1070 g/mol. The zero-order valence-electron chi connectivity index (χ0n) is 44.7. The van der Waals surface area contributed by atoms with Gasteiger partial charge in [0.05, 0.1) is 0 Å². The number of hydrogen-bond acceptors (Lipinski definition) is 5. The molecule has 2 aliphatic heterocycles. The Labute approximate surface area is 446 Å². The van der Waals surface area contributed by atoms with Crippen molar-refractivity contribution in [2.45, 2.75) is 124 Å². The Morgan fingerprint density at radius 2 is 1.16 bits per heavy atom. The molecule has 0 N–H and O–H groups in total. The van der Waals surface area contributed by atoms with E-state index in [1.807, 2.05) is 30.5 Å². The molecule has 0 saturated carbocycles. The van der Waals surface area contributed by atoms with Gasteiger partial charge in [-0.2, -0.15) is 12.1 Å². The Kier molecular flexibility index (Phi) is 11.0. The van der Waals surface area contributed by atoms with E-state index in [0.29, 0.717) is 11.5 Å². The quantitative estimate of drug-likeness (QED) is 0.164. The van der Waals surface area contributed by atoms with Crippen molar-refractivity contribution in [1.82, 2.24) is 14.5 Å². The fraction of sp³-hybridized carbons (Fsp3) is 0.288. The molecular formula is C66H64N5OPt-3. The molecule has 9 aromatic rings. The number of aromatic nitrogens is 3. The molecule has 5 heterocycles. The molecule has 7 heteroatoms. The van der Waals surface area contributed by atoms with Crippen LogP contribution in [0.5, 0.6) is 11.5 Å². The van der Waals surface area contributed by atoms with Crippen LogP contribution in [0.4, 0.5) is 22.7 Å². The molecule has 6 aromatic carbocycles. The van der Waals surface area contributed by atoms with E-state index in [1.54, 1.807) is 0 Å². The number of ether oxygens (including phenoxy) is 1. The SMILES string of the molecule is Cc1cc(N2[CH-]N3c4[c-]c(Oc5[c-]c6c(cc5)c5ccccc5n6-c5ccccn5)ccc4C4(c5cccc2c53)c2c(cc(C(C)(C)C)cc2C(C)(C)C)-c2cc(C(C)(C)C)cc(C(C)(C)C)c24)cc(C)n1.[Pt]. The fourth-order valence-corrected chi connectivity index (χ4v) is 12.0. The van der Waals surface area contributed by atoms with E-state index in [0.717, 1.165) is 61.8 Å². The summed E-state index contributed by atoms with van der Waals surface area (Å²) < 4.78 is 9.20. The van der Waals surface area contributed by atoms with Crippen LogP contribution in [0.2, 0.25) is 0 Å². The minimum absolute atomic E-state index is 0. The van der Waals surface area contributed by atoms with Crippen molar-refractivity contribution in [1.29, 1.82) is 0 Å². The van der Waals surface area contributed by atoms with Gasteiger partial charge in [-0.3, -0.25) is 4.98 Å². The zero-order valence-corrected chi connectivity index (χ0v) is 46.9. The molecule has 0 atom stereocenters. The molecule has 0 radical (unpaired) electrons. The Bertz CT molecular complexity index is 3620. The molecule has 3 aliphatic rings. The van der Waals surface area contributed by atoms with Crippen LogP contribution in [0.1, 0.15) is 139 Å². The van der Waals surface area contributed by atoms with Crippen LogP contribution in [0.25, 0.3) is 38.8 Å². The number of fused-ring (bicyclic) bond motifs is 12. The van der Waals surface area contributed by atoms with E-state index >= 15 is 0 Å². The van der Waals surface area contributed by atoms with Crippen LogP contribution in [0.15, 0.2) is 128 Å². The average molecular weight is 1140 g/mol. The smallest absolute Gasteiger partial charge is 0.135 e. The molecule has 0 unspecified atom stereocenters. The number of rotatable bonds is 4. The maximum absolute atomic E-state index is 7.03. The number of pyridine rings is 2. The maximum Gasteiger partial charge on any atom is 0.135 e. The normalized spacial score (nSPS) is 14.6. The second-order valence-electron chi connectivity index (χ2n) is 24.6. The summed E-state index contributed by atoms with van der Waals surface area (Å²) in [6.45, 7) is 34.9.